The van der Waals surface area contributed by atoms with E-state index in [1.165, 1.54) is 7.11 Å². The number of methoxy groups -OCH3 is 1. The van der Waals surface area contributed by atoms with Gasteiger partial charge in [-0.15, -0.1) is 12.4 Å². The summed E-state index contributed by atoms with van der Waals surface area (Å²) in [4.78, 5) is 28.0. The molecule has 0 aromatic carbocycles. The van der Waals surface area contributed by atoms with Gasteiger partial charge in [-0.2, -0.15) is 0 Å². The number of H-pyrrole nitrogens is 2. The molecule has 29 heavy (non-hydrogen) atoms. The first-order valence-electron chi connectivity index (χ1n) is 8.83. The highest BCUT2D eigenvalue weighted by Gasteiger charge is 2.11. The van der Waals surface area contributed by atoms with Crippen molar-refractivity contribution < 1.29 is 9.53 Å². The fraction of sp³-hybridized carbons (Fsp3) is 0.0455. The van der Waals surface area contributed by atoms with Crippen LogP contribution in [-0.2, 0) is 4.74 Å². The topological polar surface area (TPSA) is 83.7 Å². The van der Waals surface area contributed by atoms with Crippen molar-refractivity contribution in [1.82, 2.24) is 19.9 Å². The molecule has 0 aliphatic carbocycles. The van der Waals surface area contributed by atoms with Gasteiger partial charge in [-0.05, 0) is 66.8 Å². The number of rotatable bonds is 1. The van der Waals surface area contributed by atoms with Crippen LogP contribution in [0.2, 0.25) is 0 Å². The predicted octanol–water partition coefficient (Wildman–Crippen LogP) is 4.86. The van der Waals surface area contributed by atoms with E-state index in [2.05, 4.69) is 19.9 Å². The molecule has 0 fully saturated rings. The van der Waals surface area contributed by atoms with Gasteiger partial charge in [-0.25, -0.2) is 14.8 Å². The Balaban J connectivity index is 0.00000205. The highest BCUT2D eigenvalue weighted by atomic mass is 35.5. The largest absolute Gasteiger partial charge is 0.465 e. The lowest BCUT2D eigenvalue weighted by atomic mass is 10.2. The summed E-state index contributed by atoms with van der Waals surface area (Å²) in [7, 11) is 1.37. The van der Waals surface area contributed by atoms with Gasteiger partial charge in [0, 0.05) is 16.6 Å². The maximum absolute atomic E-state index is 12.2. The number of carbonyl (C=O) groups is 1. The van der Waals surface area contributed by atoms with Gasteiger partial charge < -0.3 is 14.7 Å². The summed E-state index contributed by atoms with van der Waals surface area (Å²) in [6, 6.07) is 13.5. The summed E-state index contributed by atoms with van der Waals surface area (Å²) in [5, 5.41) is 0. The van der Waals surface area contributed by atoms with E-state index in [1.54, 1.807) is 6.07 Å². The van der Waals surface area contributed by atoms with Gasteiger partial charge in [0.2, 0.25) is 0 Å². The Bertz CT molecular complexity index is 1330. The molecule has 0 amide bonds. The Morgan fingerprint density at radius 3 is 1.83 bits per heavy atom. The molecular weight excluding hydrogens is 388 g/mol. The number of ether oxygens (including phenoxy) is 1. The normalized spacial score (nSPS) is 11.9. The molecule has 2 N–H and O–H groups in total. The van der Waals surface area contributed by atoms with Gasteiger partial charge in [0.05, 0.1) is 41.0 Å². The zero-order chi connectivity index (χ0) is 19.1. The van der Waals surface area contributed by atoms with Crippen LogP contribution < -0.4 is 0 Å². The first-order valence-corrected chi connectivity index (χ1v) is 8.83. The Hall–Kier alpha value is -3.64. The molecule has 0 saturated carbocycles. The van der Waals surface area contributed by atoms with E-state index in [1.807, 2.05) is 60.7 Å². The smallest absolute Gasteiger partial charge is 0.340 e. The molecule has 7 heteroatoms. The Kier molecular flexibility index (Phi) is 4.78. The number of nitrogens with one attached hydrogen (secondary N) is 2. The minimum absolute atomic E-state index is 0. The maximum Gasteiger partial charge on any atom is 0.340 e. The van der Waals surface area contributed by atoms with Gasteiger partial charge in [-0.1, -0.05) is 0 Å². The van der Waals surface area contributed by atoms with Gasteiger partial charge in [0.1, 0.15) is 0 Å². The lowest BCUT2D eigenvalue weighted by Gasteiger charge is -1.94. The summed E-state index contributed by atoms with van der Waals surface area (Å²) < 4.78 is 4.92. The standard InChI is InChI=1S/C22H16N4O2.ClH/c1-28-22(27)20-11-19-10-17-5-4-15(24-17)8-13-2-3-14(23-13)9-16-6-7-18(25-16)12-21(20)26-19;/h2-12,23,26H,1H3;1H. The summed E-state index contributed by atoms with van der Waals surface area (Å²) in [6.45, 7) is 0. The minimum Gasteiger partial charge on any atom is -0.465 e. The van der Waals surface area contributed by atoms with E-state index in [4.69, 9.17) is 4.74 Å². The van der Waals surface area contributed by atoms with Crippen LogP contribution in [0.25, 0.3) is 46.4 Å². The monoisotopic (exact) mass is 404 g/mol. The summed E-state index contributed by atoms with van der Waals surface area (Å²) in [5.74, 6) is -0.401. The van der Waals surface area contributed by atoms with Gasteiger partial charge in [-0.3, -0.25) is 0 Å². The van der Waals surface area contributed by atoms with Crippen LogP contribution >= 0.6 is 12.4 Å². The number of esters is 1. The summed E-state index contributed by atoms with van der Waals surface area (Å²) in [6.07, 6.45) is 7.74. The molecule has 5 heterocycles. The number of hydrogen-bond donors (Lipinski definition) is 2. The second-order valence-corrected chi connectivity index (χ2v) is 6.58. The highest BCUT2D eigenvalue weighted by molar-refractivity contribution is 5.99. The lowest BCUT2D eigenvalue weighted by Crippen LogP contribution is -1.99. The number of nitrogens with zero attached hydrogens (tertiary/aromatic N) is 2. The van der Waals surface area contributed by atoms with Gasteiger partial charge >= 0.3 is 5.97 Å². The van der Waals surface area contributed by atoms with E-state index in [0.29, 0.717) is 11.1 Å². The zero-order valence-electron chi connectivity index (χ0n) is 15.5. The number of fused-ring (bicyclic) bond motifs is 8. The molecule has 0 atom stereocenters. The molecule has 0 radical (unpaired) electrons. The third kappa shape index (κ3) is 3.70. The molecule has 0 unspecified atom stereocenters. The molecule has 2 aliphatic heterocycles. The number of carbonyl (C=O) groups excluding carboxylic acids is 1. The average Bonchev–Trinajstić information content (AvgIpc) is 3.45. The Morgan fingerprint density at radius 2 is 1.28 bits per heavy atom. The molecule has 3 aromatic heterocycles. The van der Waals surface area contributed by atoms with Crippen LogP contribution in [0.1, 0.15) is 33.1 Å². The molecular formula is C22H17ClN4O2. The zero-order valence-corrected chi connectivity index (χ0v) is 16.3. The number of hydrogen-bond acceptors (Lipinski definition) is 4. The van der Waals surface area contributed by atoms with E-state index in [-0.39, 0.29) is 12.4 Å². The summed E-state index contributed by atoms with van der Waals surface area (Å²) in [5.41, 5.74) is 7.04. The highest BCUT2D eigenvalue weighted by Crippen LogP contribution is 2.20. The van der Waals surface area contributed by atoms with Crippen LogP contribution in [0.3, 0.4) is 0 Å². The molecule has 2 aliphatic rings. The fourth-order valence-electron chi connectivity index (χ4n) is 3.30. The fourth-order valence-corrected chi connectivity index (χ4v) is 3.30. The predicted molar refractivity (Wildman–Crippen MR) is 117 cm³/mol. The molecule has 6 nitrogen and oxygen atoms in total. The van der Waals surface area contributed by atoms with Crippen molar-refractivity contribution in [3.8, 4) is 0 Å². The first kappa shape index (κ1) is 18.7. The molecule has 8 bridgehead atoms. The molecule has 144 valence electrons. The average molecular weight is 405 g/mol. The number of aromatic amines is 2. The first-order chi connectivity index (χ1) is 13.7. The van der Waals surface area contributed by atoms with Crippen molar-refractivity contribution >= 4 is 64.7 Å². The van der Waals surface area contributed by atoms with Crippen LogP contribution in [0.5, 0.6) is 0 Å². The Labute approximate surface area is 172 Å². The van der Waals surface area contributed by atoms with Crippen molar-refractivity contribution in [3.63, 3.8) is 0 Å². The van der Waals surface area contributed by atoms with Crippen LogP contribution in [-0.4, -0.2) is 33.0 Å². The van der Waals surface area contributed by atoms with Crippen LogP contribution in [0.15, 0.2) is 42.5 Å². The molecule has 0 saturated heterocycles. The Morgan fingerprint density at radius 1 is 0.759 bits per heavy atom. The maximum atomic E-state index is 12.2. The van der Waals surface area contributed by atoms with Crippen molar-refractivity contribution in [2.24, 2.45) is 0 Å². The van der Waals surface area contributed by atoms with Crippen molar-refractivity contribution in [1.29, 1.82) is 0 Å². The van der Waals surface area contributed by atoms with Gasteiger partial charge in [0.25, 0.3) is 0 Å². The molecule has 0 spiro atoms. The van der Waals surface area contributed by atoms with E-state index in [9.17, 15) is 4.79 Å². The molecule has 3 aromatic rings. The van der Waals surface area contributed by atoms with E-state index in [0.717, 1.165) is 39.3 Å². The van der Waals surface area contributed by atoms with Crippen molar-refractivity contribution in [2.75, 3.05) is 7.11 Å². The van der Waals surface area contributed by atoms with Crippen molar-refractivity contribution in [3.05, 3.63) is 70.8 Å². The number of halogens is 1. The lowest BCUT2D eigenvalue weighted by molar-refractivity contribution is 0.0603. The van der Waals surface area contributed by atoms with E-state index >= 15 is 0 Å². The van der Waals surface area contributed by atoms with Crippen molar-refractivity contribution in [2.45, 2.75) is 0 Å². The molecule has 5 rings (SSSR count). The summed E-state index contributed by atoms with van der Waals surface area (Å²) >= 11 is 0. The third-order valence-corrected chi connectivity index (χ3v) is 4.57. The SMILES string of the molecule is COC(=O)c1cc2cc3nc(cc4ccc(cc5nc(cc1[nH]2)C=C5)[nH]4)C=C3.Cl. The third-order valence-electron chi connectivity index (χ3n) is 4.57. The second kappa shape index (κ2) is 7.41. The van der Waals surface area contributed by atoms with Crippen LogP contribution in [0.4, 0.5) is 0 Å². The number of aromatic nitrogens is 4. The van der Waals surface area contributed by atoms with Crippen LogP contribution in [0, 0.1) is 0 Å². The van der Waals surface area contributed by atoms with Gasteiger partial charge in [0.15, 0.2) is 0 Å². The quantitative estimate of drug-likeness (QED) is 0.390. The van der Waals surface area contributed by atoms with E-state index < -0.39 is 5.97 Å². The minimum atomic E-state index is -0.401. The second-order valence-electron chi connectivity index (χ2n) is 6.58.